The molecule has 1 amide bonds. The summed E-state index contributed by atoms with van der Waals surface area (Å²) in [5.74, 6) is -0.152. The first-order valence-electron chi connectivity index (χ1n) is 17.7. The summed E-state index contributed by atoms with van der Waals surface area (Å²) in [6.07, 6.45) is 19.4. The number of rotatable bonds is 22. The van der Waals surface area contributed by atoms with E-state index in [2.05, 4.69) is 22.3 Å². The first-order chi connectivity index (χ1) is 23.8. The molecule has 11 heteroatoms. The van der Waals surface area contributed by atoms with Gasteiger partial charge in [0.1, 0.15) is 16.4 Å². The molecule has 1 aliphatic rings. The van der Waals surface area contributed by atoms with Crippen molar-refractivity contribution in [3.63, 3.8) is 0 Å². The summed E-state index contributed by atoms with van der Waals surface area (Å²) >= 11 is 6.01. The minimum Gasteiger partial charge on any atom is -0.456 e. The largest absolute Gasteiger partial charge is 0.456 e. The monoisotopic (exact) mass is 708 g/mol. The normalized spacial score (nSPS) is 14.9. The van der Waals surface area contributed by atoms with Crippen molar-refractivity contribution in [2.75, 3.05) is 5.01 Å². The predicted octanol–water partition coefficient (Wildman–Crippen LogP) is 11.5. The number of carbonyl (C=O) groups is 1. The fourth-order valence-corrected chi connectivity index (χ4v) is 6.58. The number of anilines is 1. The number of nitrogens with zero attached hydrogens (tertiary/aromatic N) is 4. The lowest BCUT2D eigenvalue weighted by Gasteiger charge is -2.15. The van der Waals surface area contributed by atoms with E-state index >= 15 is 0 Å². The molecule has 0 aliphatic carbocycles. The molecule has 3 aromatic carbocycles. The molecule has 49 heavy (non-hydrogen) atoms. The molecular weight excluding hydrogens is 660 g/mol. The Balaban J connectivity index is 1.35. The number of carbonyl (C=O) groups excluding carboxylic acids is 1. The van der Waals surface area contributed by atoms with Crippen LogP contribution in [-0.4, -0.2) is 30.6 Å². The van der Waals surface area contributed by atoms with Gasteiger partial charge in [0.15, 0.2) is 6.04 Å². The Bertz CT molecular complexity index is 1630. The van der Waals surface area contributed by atoms with Crippen molar-refractivity contribution in [1.29, 1.82) is 0 Å². The van der Waals surface area contributed by atoms with Crippen LogP contribution in [0.25, 0.3) is 0 Å². The van der Waals surface area contributed by atoms with Gasteiger partial charge in [-0.25, -0.2) is 0 Å². The number of halogens is 1. The second-order valence-corrected chi connectivity index (χ2v) is 14.4. The van der Waals surface area contributed by atoms with Crippen LogP contribution >= 0.6 is 11.6 Å². The van der Waals surface area contributed by atoms with Gasteiger partial charge in [-0.3, -0.25) is 9.35 Å². The Morgan fingerprint density at radius 3 is 1.94 bits per heavy atom. The van der Waals surface area contributed by atoms with Crippen molar-refractivity contribution in [1.82, 2.24) is 0 Å². The highest BCUT2D eigenvalue weighted by Gasteiger charge is 2.37. The van der Waals surface area contributed by atoms with Crippen LogP contribution in [0.2, 0.25) is 5.02 Å². The molecule has 3 aromatic rings. The van der Waals surface area contributed by atoms with Gasteiger partial charge >= 0.3 is 0 Å². The topological polar surface area (TPSA) is 121 Å². The summed E-state index contributed by atoms with van der Waals surface area (Å²) < 4.78 is 40.5. The minimum absolute atomic E-state index is 0.0786. The van der Waals surface area contributed by atoms with Crippen molar-refractivity contribution < 1.29 is 22.5 Å². The van der Waals surface area contributed by atoms with Crippen LogP contribution in [0.1, 0.15) is 110 Å². The number of hydrazone groups is 1. The summed E-state index contributed by atoms with van der Waals surface area (Å²) in [7, 11) is -4.70. The fourth-order valence-electron chi connectivity index (χ4n) is 5.82. The standard InChI is InChI=1S/C38H49ClN4O5S/c1-2-3-4-5-6-7-8-9-10-11-12-13-14-15-19-22-34-37(41-40-31-25-23-30(39)24-26-31)38(44)43(42-34)32-27-28-35(36(29-32)49(45,46)47)48-33-20-17-16-18-21-33/h16-18,20-21,23-29,37H,2-15,19,22H2,1H3,(H,45,46,47)/t37-/m1/s1. The molecule has 9 nitrogen and oxygen atoms in total. The van der Waals surface area contributed by atoms with Gasteiger partial charge in [0.05, 0.1) is 17.1 Å². The van der Waals surface area contributed by atoms with Gasteiger partial charge in [-0.05, 0) is 67.4 Å². The summed E-state index contributed by atoms with van der Waals surface area (Å²) in [6.45, 7) is 2.26. The molecule has 264 valence electrons. The molecule has 0 bridgehead atoms. The molecule has 0 spiro atoms. The summed E-state index contributed by atoms with van der Waals surface area (Å²) in [6, 6.07) is 18.6. The molecule has 0 aromatic heterocycles. The summed E-state index contributed by atoms with van der Waals surface area (Å²) in [5.41, 5.74) is 1.25. The molecule has 0 saturated heterocycles. The Hall–Kier alpha value is -3.60. The van der Waals surface area contributed by atoms with Crippen LogP contribution < -0.4 is 9.75 Å². The van der Waals surface area contributed by atoms with Crippen LogP contribution in [0.4, 0.5) is 11.4 Å². The Labute approximate surface area is 296 Å². The van der Waals surface area contributed by atoms with Gasteiger partial charge in [0, 0.05) is 5.02 Å². The lowest BCUT2D eigenvalue weighted by molar-refractivity contribution is -0.117. The lowest BCUT2D eigenvalue weighted by atomic mass is 10.0. The van der Waals surface area contributed by atoms with E-state index in [1.165, 1.54) is 95.2 Å². The van der Waals surface area contributed by atoms with Gasteiger partial charge < -0.3 is 4.74 Å². The quantitative estimate of drug-likeness (QED) is 0.0632. The number of unbranched alkanes of at least 4 members (excludes halogenated alkanes) is 14. The van der Waals surface area contributed by atoms with Crippen molar-refractivity contribution in [2.24, 2.45) is 15.3 Å². The van der Waals surface area contributed by atoms with Crippen molar-refractivity contribution in [3.05, 3.63) is 77.8 Å². The predicted molar refractivity (Wildman–Crippen MR) is 197 cm³/mol. The van der Waals surface area contributed by atoms with E-state index in [9.17, 15) is 17.8 Å². The third kappa shape index (κ3) is 12.7. The summed E-state index contributed by atoms with van der Waals surface area (Å²) in [5, 5.41) is 14.9. The average molecular weight is 709 g/mol. The van der Waals surface area contributed by atoms with Gasteiger partial charge in [-0.1, -0.05) is 127 Å². The lowest BCUT2D eigenvalue weighted by Crippen LogP contribution is -2.30. The third-order valence-electron chi connectivity index (χ3n) is 8.56. The molecule has 1 aliphatic heterocycles. The van der Waals surface area contributed by atoms with Gasteiger partial charge in [-0.2, -0.15) is 28.8 Å². The highest BCUT2D eigenvalue weighted by Crippen LogP contribution is 2.34. The van der Waals surface area contributed by atoms with Crippen LogP contribution in [0, 0.1) is 0 Å². The zero-order valence-electron chi connectivity index (χ0n) is 28.5. The number of ether oxygens (including phenoxy) is 1. The van der Waals surface area contributed by atoms with Crippen LogP contribution in [0.15, 0.2) is 93.0 Å². The maximum Gasteiger partial charge on any atom is 0.298 e. The second kappa shape index (κ2) is 20.2. The first kappa shape index (κ1) is 38.2. The fraction of sp³-hybridized carbons (Fsp3) is 0.474. The Morgan fingerprint density at radius 2 is 1.37 bits per heavy atom. The van der Waals surface area contributed by atoms with E-state index in [0.29, 0.717) is 28.6 Å². The molecular formula is C38H49ClN4O5S. The number of azo groups is 1. The molecule has 0 unspecified atom stereocenters. The van der Waals surface area contributed by atoms with Crippen LogP contribution in [0.3, 0.4) is 0 Å². The number of para-hydroxylation sites is 1. The van der Waals surface area contributed by atoms with E-state index in [4.69, 9.17) is 16.3 Å². The number of benzene rings is 3. The van der Waals surface area contributed by atoms with Crippen molar-refractivity contribution in [2.45, 2.75) is 121 Å². The van der Waals surface area contributed by atoms with Crippen LogP contribution in [0.5, 0.6) is 11.5 Å². The van der Waals surface area contributed by atoms with Gasteiger partial charge in [-0.15, -0.1) is 0 Å². The second-order valence-electron chi connectivity index (χ2n) is 12.6. The molecule has 4 rings (SSSR count). The van der Waals surface area contributed by atoms with Crippen LogP contribution in [-0.2, 0) is 14.9 Å². The minimum atomic E-state index is -4.70. The number of amides is 1. The van der Waals surface area contributed by atoms with Gasteiger partial charge in [0.2, 0.25) is 0 Å². The highest BCUT2D eigenvalue weighted by molar-refractivity contribution is 7.86. The Kier molecular flexibility index (Phi) is 15.7. The Morgan fingerprint density at radius 1 is 0.796 bits per heavy atom. The highest BCUT2D eigenvalue weighted by atomic mass is 35.5. The van der Waals surface area contributed by atoms with E-state index < -0.39 is 27.0 Å². The van der Waals surface area contributed by atoms with E-state index in [0.717, 1.165) is 24.3 Å². The van der Waals surface area contributed by atoms with Crippen molar-refractivity contribution >= 4 is 44.7 Å². The summed E-state index contributed by atoms with van der Waals surface area (Å²) in [4.78, 5) is 13.2. The molecule has 0 radical (unpaired) electrons. The number of hydrogen-bond donors (Lipinski definition) is 1. The van der Waals surface area contributed by atoms with E-state index in [1.807, 2.05) is 0 Å². The molecule has 0 fully saturated rings. The zero-order chi connectivity index (χ0) is 34.9. The molecule has 0 saturated carbocycles. The van der Waals surface area contributed by atoms with E-state index in [-0.39, 0.29) is 11.4 Å². The number of hydrogen-bond acceptors (Lipinski definition) is 7. The molecule has 1 atom stereocenters. The molecule has 1 N–H and O–H groups in total. The van der Waals surface area contributed by atoms with E-state index in [1.54, 1.807) is 54.6 Å². The maximum absolute atomic E-state index is 13.7. The van der Waals surface area contributed by atoms with Crippen molar-refractivity contribution in [3.8, 4) is 11.5 Å². The maximum atomic E-state index is 13.7. The SMILES string of the molecule is CCCCCCCCCCCCCCCCCC1=NN(c2ccc(Oc3ccccc3)c(S(=O)(=O)O)c2)C(=O)[C@@H]1N=Nc1ccc(Cl)cc1. The smallest absolute Gasteiger partial charge is 0.298 e. The first-order valence-corrected chi connectivity index (χ1v) is 19.5. The van der Waals surface area contributed by atoms with Gasteiger partial charge in [0.25, 0.3) is 16.0 Å². The molecule has 1 heterocycles. The average Bonchev–Trinajstić information content (AvgIpc) is 3.40. The zero-order valence-corrected chi connectivity index (χ0v) is 30.0. The third-order valence-corrected chi connectivity index (χ3v) is 9.69.